The molecule has 72 valence electrons. The summed E-state index contributed by atoms with van der Waals surface area (Å²) in [6, 6.07) is 0. The Bertz CT molecular complexity index is 152. The molecule has 1 rings (SSSR count). The Morgan fingerprint density at radius 2 is 1.83 bits per heavy atom. The minimum Gasteiger partial charge on any atom is -0.366 e. The van der Waals surface area contributed by atoms with Crippen molar-refractivity contribution in [1.82, 2.24) is 0 Å². The minimum absolute atomic E-state index is 0.205. The Morgan fingerprint density at radius 3 is 2.17 bits per heavy atom. The second kappa shape index (κ2) is 3.00. The lowest BCUT2D eigenvalue weighted by Gasteiger charge is -2.39. The first-order chi connectivity index (χ1) is 5.31. The molecule has 1 aliphatic carbocycles. The molecule has 1 unspecified atom stereocenters. The monoisotopic (exact) mass is 172 g/mol. The Kier molecular flexibility index (Phi) is 2.50. The van der Waals surface area contributed by atoms with Crippen LogP contribution in [0.15, 0.2) is 0 Å². The van der Waals surface area contributed by atoms with Crippen molar-refractivity contribution in [3.05, 3.63) is 0 Å². The highest BCUT2D eigenvalue weighted by molar-refractivity contribution is 4.84. The molecule has 1 atom stereocenters. The van der Waals surface area contributed by atoms with Crippen LogP contribution in [0.25, 0.3) is 0 Å². The van der Waals surface area contributed by atoms with Crippen molar-refractivity contribution in [1.29, 1.82) is 0 Å². The Labute approximate surface area is 74.6 Å². The van der Waals surface area contributed by atoms with Gasteiger partial charge in [-0.05, 0) is 24.2 Å². The number of aliphatic hydroxyl groups is 2. The van der Waals surface area contributed by atoms with Crippen LogP contribution in [-0.2, 0) is 0 Å². The smallest absolute Gasteiger partial charge is 0.162 e. The van der Waals surface area contributed by atoms with Crippen LogP contribution in [0.5, 0.6) is 0 Å². The van der Waals surface area contributed by atoms with Gasteiger partial charge in [-0.15, -0.1) is 0 Å². The Morgan fingerprint density at radius 1 is 1.25 bits per heavy atom. The average molecular weight is 172 g/mol. The molecular formula is C10H20O2. The molecule has 0 aromatic rings. The molecule has 1 saturated carbocycles. The van der Waals surface area contributed by atoms with Crippen molar-refractivity contribution < 1.29 is 10.2 Å². The summed E-state index contributed by atoms with van der Waals surface area (Å²) in [5.41, 5.74) is 0.205. The molecule has 0 spiro atoms. The molecule has 1 aliphatic rings. The molecule has 1 fully saturated rings. The number of rotatable bonds is 0. The minimum atomic E-state index is -1.39. The second-order valence-corrected chi connectivity index (χ2v) is 5.14. The fourth-order valence-corrected chi connectivity index (χ4v) is 1.97. The van der Waals surface area contributed by atoms with Crippen molar-refractivity contribution in [3.63, 3.8) is 0 Å². The molecule has 0 aliphatic heterocycles. The lowest BCUT2D eigenvalue weighted by atomic mass is 9.70. The van der Waals surface area contributed by atoms with Crippen LogP contribution >= 0.6 is 0 Å². The van der Waals surface area contributed by atoms with Gasteiger partial charge in [-0.3, -0.25) is 0 Å². The largest absolute Gasteiger partial charge is 0.366 e. The third-order valence-corrected chi connectivity index (χ3v) is 2.93. The molecule has 0 bridgehead atoms. The summed E-state index contributed by atoms with van der Waals surface area (Å²) in [7, 11) is 0. The maximum absolute atomic E-state index is 9.46. The van der Waals surface area contributed by atoms with E-state index in [1.807, 2.05) is 0 Å². The Balaban J connectivity index is 2.58. The molecule has 0 aromatic heterocycles. The maximum atomic E-state index is 9.46. The fraction of sp³-hybridized carbons (Fsp3) is 1.00. The van der Waals surface area contributed by atoms with E-state index in [9.17, 15) is 10.2 Å². The van der Waals surface area contributed by atoms with Crippen LogP contribution in [0.4, 0.5) is 0 Å². The summed E-state index contributed by atoms with van der Waals surface area (Å²) in [5, 5.41) is 18.9. The van der Waals surface area contributed by atoms with E-state index in [0.717, 1.165) is 12.8 Å². The van der Waals surface area contributed by atoms with Crippen molar-refractivity contribution in [2.45, 2.75) is 52.2 Å². The first kappa shape index (κ1) is 10.0. The highest BCUT2D eigenvalue weighted by Gasteiger charge is 2.37. The lowest BCUT2D eigenvalue weighted by Crippen LogP contribution is -2.39. The molecule has 0 heterocycles. The molecule has 2 heteroatoms. The van der Waals surface area contributed by atoms with Crippen LogP contribution in [0.3, 0.4) is 0 Å². The highest BCUT2D eigenvalue weighted by Crippen LogP contribution is 2.40. The van der Waals surface area contributed by atoms with E-state index in [1.54, 1.807) is 0 Å². The van der Waals surface area contributed by atoms with Gasteiger partial charge in [0, 0.05) is 12.8 Å². The molecule has 0 radical (unpaired) electrons. The zero-order valence-electron chi connectivity index (χ0n) is 8.30. The van der Waals surface area contributed by atoms with E-state index in [2.05, 4.69) is 20.8 Å². The van der Waals surface area contributed by atoms with Crippen molar-refractivity contribution in [3.8, 4) is 0 Å². The highest BCUT2D eigenvalue weighted by atomic mass is 16.5. The van der Waals surface area contributed by atoms with Crippen LogP contribution < -0.4 is 0 Å². The topological polar surface area (TPSA) is 40.5 Å². The van der Waals surface area contributed by atoms with Gasteiger partial charge in [0.15, 0.2) is 5.79 Å². The zero-order chi connectivity index (χ0) is 9.41. The second-order valence-electron chi connectivity index (χ2n) is 5.14. The summed E-state index contributed by atoms with van der Waals surface area (Å²) in [4.78, 5) is 0. The van der Waals surface area contributed by atoms with E-state index < -0.39 is 5.79 Å². The van der Waals surface area contributed by atoms with Crippen LogP contribution in [0.1, 0.15) is 46.5 Å². The summed E-state index contributed by atoms with van der Waals surface area (Å²) < 4.78 is 0. The normalized spacial score (nSPS) is 30.2. The van der Waals surface area contributed by atoms with Gasteiger partial charge in [0.25, 0.3) is 0 Å². The van der Waals surface area contributed by atoms with Gasteiger partial charge in [-0.1, -0.05) is 20.8 Å². The third kappa shape index (κ3) is 2.46. The predicted molar refractivity (Wildman–Crippen MR) is 48.6 cm³/mol. The van der Waals surface area contributed by atoms with Crippen molar-refractivity contribution in [2.75, 3.05) is 0 Å². The van der Waals surface area contributed by atoms with Gasteiger partial charge in [-0.2, -0.15) is 0 Å². The summed E-state index contributed by atoms with van der Waals surface area (Å²) >= 11 is 0. The molecule has 2 nitrogen and oxygen atoms in total. The average Bonchev–Trinajstić information content (AvgIpc) is 1.83. The zero-order valence-corrected chi connectivity index (χ0v) is 8.30. The van der Waals surface area contributed by atoms with Gasteiger partial charge in [0.05, 0.1) is 0 Å². The van der Waals surface area contributed by atoms with Gasteiger partial charge in [0.2, 0.25) is 0 Å². The van der Waals surface area contributed by atoms with E-state index >= 15 is 0 Å². The summed E-state index contributed by atoms with van der Waals surface area (Å²) in [6.45, 7) is 6.50. The van der Waals surface area contributed by atoms with Gasteiger partial charge in [0.1, 0.15) is 0 Å². The van der Waals surface area contributed by atoms with Crippen LogP contribution in [0.2, 0.25) is 0 Å². The predicted octanol–water partition coefficient (Wildman–Crippen LogP) is 1.90. The lowest BCUT2D eigenvalue weighted by molar-refractivity contribution is -0.198. The SMILES string of the molecule is CC(C)(C)C1CCCC(O)(O)C1. The first-order valence-corrected chi connectivity index (χ1v) is 4.76. The summed E-state index contributed by atoms with van der Waals surface area (Å²) in [6.07, 6.45) is 3.15. The van der Waals surface area contributed by atoms with E-state index in [4.69, 9.17) is 0 Å². The quantitative estimate of drug-likeness (QED) is 0.548. The van der Waals surface area contributed by atoms with E-state index in [1.165, 1.54) is 0 Å². The van der Waals surface area contributed by atoms with Crippen LogP contribution in [0, 0.1) is 11.3 Å². The number of hydrogen-bond acceptors (Lipinski definition) is 2. The Hall–Kier alpha value is -0.0800. The van der Waals surface area contributed by atoms with Crippen molar-refractivity contribution >= 4 is 0 Å². The standard InChI is InChI=1S/C10H20O2/c1-9(2,3)8-5-4-6-10(11,12)7-8/h8,11-12H,4-7H2,1-3H3. The molecule has 0 amide bonds. The van der Waals surface area contributed by atoms with E-state index in [-0.39, 0.29) is 5.41 Å². The molecule has 12 heavy (non-hydrogen) atoms. The molecule has 0 aromatic carbocycles. The van der Waals surface area contributed by atoms with Gasteiger partial charge < -0.3 is 10.2 Å². The molecule has 2 N–H and O–H groups in total. The first-order valence-electron chi connectivity index (χ1n) is 4.76. The number of hydrogen-bond donors (Lipinski definition) is 2. The van der Waals surface area contributed by atoms with Gasteiger partial charge in [-0.25, -0.2) is 0 Å². The molecular weight excluding hydrogens is 152 g/mol. The fourth-order valence-electron chi connectivity index (χ4n) is 1.97. The van der Waals surface area contributed by atoms with Crippen molar-refractivity contribution in [2.24, 2.45) is 11.3 Å². The van der Waals surface area contributed by atoms with Crippen LogP contribution in [-0.4, -0.2) is 16.0 Å². The maximum Gasteiger partial charge on any atom is 0.162 e. The molecule has 0 saturated heterocycles. The summed E-state index contributed by atoms with van der Waals surface area (Å²) in [5.74, 6) is -0.947. The van der Waals surface area contributed by atoms with Gasteiger partial charge >= 0.3 is 0 Å². The third-order valence-electron chi connectivity index (χ3n) is 2.93. The van der Waals surface area contributed by atoms with E-state index in [0.29, 0.717) is 18.8 Å².